The molecule has 1 aromatic carbocycles. The zero-order chi connectivity index (χ0) is 13.5. The number of carbonyl (C=O) groups excluding carboxylic acids is 2. The summed E-state index contributed by atoms with van der Waals surface area (Å²) in [5.41, 5.74) is -0.512. The van der Waals surface area contributed by atoms with Gasteiger partial charge in [0.25, 0.3) is 0 Å². The number of amides is 1. The van der Waals surface area contributed by atoms with Crippen molar-refractivity contribution in [3.05, 3.63) is 29.8 Å². The van der Waals surface area contributed by atoms with Crippen LogP contribution in [0, 0.1) is 11.6 Å². The predicted molar refractivity (Wildman–Crippen MR) is 59.9 cm³/mol. The molecule has 0 fully saturated rings. The van der Waals surface area contributed by atoms with Gasteiger partial charge in [-0.25, -0.2) is 8.78 Å². The Balaban J connectivity index is 2.47. The maximum Gasteiger partial charge on any atom is 0.319 e. The van der Waals surface area contributed by atoms with E-state index in [2.05, 4.69) is 15.4 Å². The first-order valence-corrected chi connectivity index (χ1v) is 5.06. The predicted octanol–water partition coefficient (Wildman–Crippen LogP) is 0.666. The highest BCUT2D eigenvalue weighted by molar-refractivity contribution is 5.92. The molecule has 0 bridgehead atoms. The Bertz CT molecular complexity index is 432. The third-order valence-electron chi connectivity index (χ3n) is 2.01. The first kappa shape index (κ1) is 14.0. The van der Waals surface area contributed by atoms with Gasteiger partial charge < -0.3 is 10.1 Å². The van der Waals surface area contributed by atoms with Crippen molar-refractivity contribution in [2.24, 2.45) is 0 Å². The van der Waals surface area contributed by atoms with Crippen LogP contribution in [-0.2, 0) is 14.3 Å². The van der Waals surface area contributed by atoms with Crippen molar-refractivity contribution >= 4 is 17.6 Å². The van der Waals surface area contributed by atoms with E-state index >= 15 is 0 Å². The lowest BCUT2D eigenvalue weighted by Gasteiger charge is -2.07. The van der Waals surface area contributed by atoms with Crippen LogP contribution in [0.4, 0.5) is 14.5 Å². The van der Waals surface area contributed by atoms with E-state index in [1.807, 2.05) is 0 Å². The Labute approximate surface area is 102 Å². The minimum absolute atomic E-state index is 0.163. The molecule has 5 nitrogen and oxygen atoms in total. The van der Waals surface area contributed by atoms with Gasteiger partial charge in [0.2, 0.25) is 5.91 Å². The Kier molecular flexibility index (Phi) is 5.19. The standard InChI is InChI=1S/C11H12F2N2O3/c1-18-10(17)6-14-5-9(16)15-11-7(12)3-2-4-8(11)13/h2-4,14H,5-6H2,1H3,(H,15,16). The van der Waals surface area contributed by atoms with Gasteiger partial charge in [0.15, 0.2) is 0 Å². The smallest absolute Gasteiger partial charge is 0.319 e. The molecule has 0 spiro atoms. The fraction of sp³-hybridized carbons (Fsp3) is 0.273. The van der Waals surface area contributed by atoms with E-state index in [1.54, 1.807) is 0 Å². The van der Waals surface area contributed by atoms with E-state index < -0.39 is 29.2 Å². The minimum atomic E-state index is -0.865. The highest BCUT2D eigenvalue weighted by Crippen LogP contribution is 2.17. The largest absolute Gasteiger partial charge is 0.468 e. The molecule has 0 aromatic heterocycles. The van der Waals surface area contributed by atoms with Gasteiger partial charge in [-0.05, 0) is 12.1 Å². The lowest BCUT2D eigenvalue weighted by molar-refractivity contribution is -0.139. The number of esters is 1. The molecule has 0 heterocycles. The summed E-state index contributed by atoms with van der Waals surface area (Å²) in [7, 11) is 1.21. The van der Waals surface area contributed by atoms with E-state index in [0.29, 0.717) is 0 Å². The third kappa shape index (κ3) is 4.10. The first-order chi connectivity index (χ1) is 8.54. The number of anilines is 1. The number of benzene rings is 1. The average molecular weight is 258 g/mol. The Morgan fingerprint density at radius 3 is 2.39 bits per heavy atom. The topological polar surface area (TPSA) is 67.4 Å². The summed E-state index contributed by atoms with van der Waals surface area (Å²) in [6, 6.07) is 3.25. The molecule has 2 N–H and O–H groups in total. The lowest BCUT2D eigenvalue weighted by Crippen LogP contribution is -2.32. The van der Waals surface area contributed by atoms with Gasteiger partial charge in [0.1, 0.15) is 17.3 Å². The molecule has 1 aromatic rings. The van der Waals surface area contributed by atoms with Crippen molar-refractivity contribution in [3.63, 3.8) is 0 Å². The van der Waals surface area contributed by atoms with Crippen LogP contribution in [0.1, 0.15) is 0 Å². The Hall–Kier alpha value is -2.02. The summed E-state index contributed by atoms with van der Waals surface area (Å²) in [5, 5.41) is 4.53. The van der Waals surface area contributed by atoms with Crippen LogP contribution in [0.5, 0.6) is 0 Å². The molecule has 18 heavy (non-hydrogen) atoms. The van der Waals surface area contributed by atoms with E-state index in [9.17, 15) is 18.4 Å². The highest BCUT2D eigenvalue weighted by Gasteiger charge is 2.11. The zero-order valence-electron chi connectivity index (χ0n) is 9.63. The van der Waals surface area contributed by atoms with Crippen LogP contribution in [0.25, 0.3) is 0 Å². The van der Waals surface area contributed by atoms with Crippen LogP contribution in [-0.4, -0.2) is 32.1 Å². The molecule has 0 saturated heterocycles. The van der Waals surface area contributed by atoms with Crippen molar-refractivity contribution in [2.75, 3.05) is 25.5 Å². The lowest BCUT2D eigenvalue weighted by atomic mass is 10.3. The summed E-state index contributed by atoms with van der Waals surface area (Å²) in [4.78, 5) is 22.1. The number of rotatable bonds is 5. The summed E-state index contributed by atoms with van der Waals surface area (Å²) >= 11 is 0. The van der Waals surface area contributed by atoms with Gasteiger partial charge in [0, 0.05) is 0 Å². The van der Waals surface area contributed by atoms with Crippen molar-refractivity contribution < 1.29 is 23.1 Å². The maximum atomic E-state index is 13.2. The van der Waals surface area contributed by atoms with Gasteiger partial charge in [0.05, 0.1) is 20.2 Å². The summed E-state index contributed by atoms with van der Waals surface area (Å²) < 4.78 is 30.7. The number of ether oxygens (including phenoxy) is 1. The third-order valence-corrected chi connectivity index (χ3v) is 2.01. The molecule has 0 atom stereocenters. The molecule has 7 heteroatoms. The van der Waals surface area contributed by atoms with Gasteiger partial charge in [-0.2, -0.15) is 0 Å². The highest BCUT2D eigenvalue weighted by atomic mass is 19.1. The van der Waals surface area contributed by atoms with Crippen LogP contribution < -0.4 is 10.6 Å². The molecule has 1 amide bonds. The number of carbonyl (C=O) groups is 2. The van der Waals surface area contributed by atoms with Crippen molar-refractivity contribution in [3.8, 4) is 0 Å². The summed E-state index contributed by atoms with van der Waals surface area (Å²) in [6.07, 6.45) is 0. The molecular weight excluding hydrogens is 246 g/mol. The monoisotopic (exact) mass is 258 g/mol. The number of halogens is 2. The van der Waals surface area contributed by atoms with Gasteiger partial charge in [-0.15, -0.1) is 0 Å². The number of para-hydroxylation sites is 1. The molecule has 98 valence electrons. The van der Waals surface area contributed by atoms with Gasteiger partial charge in [-0.3, -0.25) is 14.9 Å². The second-order valence-corrected chi connectivity index (χ2v) is 3.32. The molecule has 0 radical (unpaired) electrons. The second kappa shape index (κ2) is 6.65. The molecule has 0 aliphatic heterocycles. The number of nitrogens with one attached hydrogen (secondary N) is 2. The van der Waals surface area contributed by atoms with E-state index in [0.717, 1.165) is 12.1 Å². The van der Waals surface area contributed by atoms with Crippen molar-refractivity contribution in [1.82, 2.24) is 5.32 Å². The molecular formula is C11H12F2N2O3. The van der Waals surface area contributed by atoms with Crippen LogP contribution in [0.2, 0.25) is 0 Å². The van der Waals surface area contributed by atoms with Crippen LogP contribution in [0.15, 0.2) is 18.2 Å². The first-order valence-electron chi connectivity index (χ1n) is 5.06. The molecule has 0 aliphatic carbocycles. The summed E-state index contributed by atoms with van der Waals surface area (Å²) in [5.74, 6) is -2.93. The van der Waals surface area contributed by atoms with Crippen molar-refractivity contribution in [1.29, 1.82) is 0 Å². The molecule has 1 rings (SSSR count). The molecule has 0 saturated carbocycles. The van der Waals surface area contributed by atoms with Crippen LogP contribution in [0.3, 0.4) is 0 Å². The van der Waals surface area contributed by atoms with Crippen molar-refractivity contribution in [2.45, 2.75) is 0 Å². The van der Waals surface area contributed by atoms with E-state index in [-0.39, 0.29) is 13.1 Å². The summed E-state index contributed by atoms with van der Waals surface area (Å²) in [6.45, 7) is -0.424. The van der Waals surface area contributed by atoms with Crippen LogP contribution >= 0.6 is 0 Å². The zero-order valence-corrected chi connectivity index (χ0v) is 9.63. The maximum absolute atomic E-state index is 13.2. The number of hydrogen-bond donors (Lipinski definition) is 2. The van der Waals surface area contributed by atoms with Gasteiger partial charge >= 0.3 is 5.97 Å². The fourth-order valence-corrected chi connectivity index (χ4v) is 1.15. The Morgan fingerprint density at radius 1 is 1.22 bits per heavy atom. The second-order valence-electron chi connectivity index (χ2n) is 3.32. The molecule has 0 aliphatic rings. The normalized spacial score (nSPS) is 9.94. The van der Waals surface area contributed by atoms with Gasteiger partial charge in [-0.1, -0.05) is 6.07 Å². The number of hydrogen-bond acceptors (Lipinski definition) is 4. The van der Waals surface area contributed by atoms with E-state index in [4.69, 9.17) is 0 Å². The SMILES string of the molecule is COC(=O)CNCC(=O)Nc1c(F)cccc1F. The Morgan fingerprint density at radius 2 is 1.83 bits per heavy atom. The van der Waals surface area contributed by atoms with E-state index in [1.165, 1.54) is 13.2 Å². The molecule has 0 unspecified atom stereocenters. The average Bonchev–Trinajstić information content (AvgIpc) is 2.34. The quantitative estimate of drug-likeness (QED) is 0.762. The fourth-order valence-electron chi connectivity index (χ4n) is 1.15. The minimum Gasteiger partial charge on any atom is -0.468 e. The number of methoxy groups -OCH3 is 1.